The molecule has 0 aromatic rings. The predicted octanol–water partition coefficient (Wildman–Crippen LogP) is 3.47. The first-order chi connectivity index (χ1) is 7.83. The minimum Gasteiger partial charge on any atom is -0.462 e. The fraction of sp³-hybridized carbons (Fsp3) is 0.769. The Kier molecular flexibility index (Phi) is 7.65. The summed E-state index contributed by atoms with van der Waals surface area (Å²) in [4.78, 5) is 11.5. The van der Waals surface area contributed by atoms with E-state index in [1.807, 2.05) is 0 Å². The molecule has 2 nitrogen and oxygen atoms in total. The molecule has 0 spiro atoms. The predicted molar refractivity (Wildman–Crippen MR) is 73.5 cm³/mol. The quantitative estimate of drug-likeness (QED) is 0.318. The van der Waals surface area contributed by atoms with Gasteiger partial charge in [0.1, 0.15) is 6.10 Å². The fourth-order valence-electron chi connectivity index (χ4n) is 1.67. The van der Waals surface area contributed by atoms with E-state index in [4.69, 9.17) is 4.74 Å². The molecule has 16 heavy (non-hydrogen) atoms. The minimum absolute atomic E-state index is 0.0261. The lowest BCUT2D eigenvalue weighted by atomic mass is 10.1. The van der Waals surface area contributed by atoms with Crippen LogP contribution in [0, 0.1) is 11.8 Å². The van der Waals surface area contributed by atoms with Gasteiger partial charge in [0, 0.05) is 23.7 Å². The molecule has 0 saturated heterocycles. The van der Waals surface area contributed by atoms with Gasteiger partial charge in [0.25, 0.3) is 0 Å². The second-order valence-corrected chi connectivity index (χ2v) is 4.95. The van der Waals surface area contributed by atoms with E-state index in [0.29, 0.717) is 6.42 Å². The van der Waals surface area contributed by atoms with Crippen molar-refractivity contribution in [3.63, 3.8) is 0 Å². The number of hydrogen-bond donors (Lipinski definition) is 0. The number of halogens is 1. The molecule has 0 aliphatic carbocycles. The highest BCUT2D eigenvalue weighted by molar-refractivity contribution is 14.1. The maximum Gasteiger partial charge on any atom is 0.306 e. The summed E-state index contributed by atoms with van der Waals surface area (Å²) in [5.41, 5.74) is 0. The van der Waals surface area contributed by atoms with Crippen molar-refractivity contribution in [2.45, 2.75) is 57.5 Å². The molecule has 1 aliphatic heterocycles. The molecule has 1 heterocycles. The first kappa shape index (κ1) is 13.8. The highest BCUT2D eigenvalue weighted by Gasteiger charge is 2.12. The first-order valence-electron chi connectivity index (χ1n) is 6.04. The maximum atomic E-state index is 11.5. The molecule has 0 amide bonds. The number of rotatable bonds is 1. The van der Waals surface area contributed by atoms with E-state index in [1.165, 1.54) is 0 Å². The zero-order chi connectivity index (χ0) is 11.6. The molecule has 1 atom stereocenters. The zero-order valence-electron chi connectivity index (χ0n) is 9.64. The van der Waals surface area contributed by atoms with Gasteiger partial charge in [0.2, 0.25) is 0 Å². The van der Waals surface area contributed by atoms with E-state index >= 15 is 0 Å². The number of carbonyl (C=O) groups is 1. The second-order valence-electron chi connectivity index (χ2n) is 4.07. The van der Waals surface area contributed by atoms with Crippen LogP contribution in [0.1, 0.15) is 51.4 Å². The van der Waals surface area contributed by atoms with Crippen LogP contribution >= 0.6 is 22.6 Å². The van der Waals surface area contributed by atoms with E-state index in [0.717, 1.165) is 49.4 Å². The average Bonchev–Trinajstić information content (AvgIpc) is 2.30. The molecular weight excluding hydrogens is 315 g/mol. The average molecular weight is 334 g/mol. The van der Waals surface area contributed by atoms with E-state index < -0.39 is 0 Å². The molecule has 0 N–H and O–H groups in total. The van der Waals surface area contributed by atoms with Crippen LogP contribution in [0.2, 0.25) is 0 Å². The highest BCUT2D eigenvalue weighted by atomic mass is 127. The lowest BCUT2D eigenvalue weighted by Gasteiger charge is -2.14. The van der Waals surface area contributed by atoms with E-state index in [1.54, 1.807) is 0 Å². The Morgan fingerprint density at radius 2 is 1.94 bits per heavy atom. The molecule has 0 radical (unpaired) electrons. The van der Waals surface area contributed by atoms with Crippen LogP contribution in [0.4, 0.5) is 0 Å². The number of esters is 1. The lowest BCUT2D eigenvalue weighted by Crippen LogP contribution is -2.19. The summed E-state index contributed by atoms with van der Waals surface area (Å²) < 4.78 is 6.30. The number of alkyl halides is 1. The third-order valence-electron chi connectivity index (χ3n) is 2.61. The summed E-state index contributed by atoms with van der Waals surface area (Å²) in [5.74, 6) is 6.35. The molecule has 90 valence electrons. The topological polar surface area (TPSA) is 26.3 Å². The van der Waals surface area contributed by atoms with Crippen molar-refractivity contribution in [3.8, 4) is 11.8 Å². The van der Waals surface area contributed by atoms with Crippen molar-refractivity contribution in [3.05, 3.63) is 0 Å². The second kappa shape index (κ2) is 8.86. The van der Waals surface area contributed by atoms with Gasteiger partial charge in [-0.1, -0.05) is 29.0 Å². The fourth-order valence-corrected chi connectivity index (χ4v) is 2.29. The molecule has 0 fully saturated rings. The number of cyclic esters (lactones) is 1. The summed E-state index contributed by atoms with van der Waals surface area (Å²) in [6.45, 7) is 0. The van der Waals surface area contributed by atoms with Gasteiger partial charge in [-0.15, -0.1) is 11.8 Å². The van der Waals surface area contributed by atoms with Gasteiger partial charge in [-0.05, 0) is 25.7 Å². The lowest BCUT2D eigenvalue weighted by molar-refractivity contribution is -0.148. The largest absolute Gasteiger partial charge is 0.462 e. The minimum atomic E-state index is -0.0261. The monoisotopic (exact) mass is 334 g/mol. The normalized spacial score (nSPS) is 24.1. The van der Waals surface area contributed by atoms with Crippen LogP contribution in [-0.2, 0) is 9.53 Å². The summed E-state index contributed by atoms with van der Waals surface area (Å²) in [5, 5.41) is 0. The maximum absolute atomic E-state index is 11.5. The Labute approximate surface area is 112 Å². The molecule has 1 rings (SSSR count). The van der Waals surface area contributed by atoms with Crippen LogP contribution in [0.3, 0.4) is 0 Å². The van der Waals surface area contributed by atoms with Crippen molar-refractivity contribution >= 4 is 28.6 Å². The Morgan fingerprint density at radius 3 is 2.69 bits per heavy atom. The molecule has 0 bridgehead atoms. The first-order valence-corrected chi connectivity index (χ1v) is 7.56. The van der Waals surface area contributed by atoms with Crippen LogP contribution in [0.5, 0.6) is 0 Å². The van der Waals surface area contributed by atoms with E-state index in [2.05, 4.69) is 34.4 Å². The van der Waals surface area contributed by atoms with E-state index in [-0.39, 0.29) is 12.1 Å². The Hall–Kier alpha value is -0.240. The molecule has 3 heteroatoms. The molecule has 1 aliphatic rings. The van der Waals surface area contributed by atoms with Gasteiger partial charge in [-0.3, -0.25) is 4.79 Å². The van der Waals surface area contributed by atoms with Crippen LogP contribution in [-0.4, -0.2) is 16.5 Å². The third kappa shape index (κ3) is 6.37. The summed E-state index contributed by atoms with van der Waals surface area (Å²) in [6.07, 6.45) is 7.69. The molecule has 0 aromatic carbocycles. The standard InChI is InChI=1S/C13H19IO2/c14-11-12-9-7-5-3-1-2-4-6-8-10-13(15)16-12/h12H,2,4-11H2. The van der Waals surface area contributed by atoms with Crippen LogP contribution in [0.15, 0.2) is 0 Å². The number of ether oxygens (including phenoxy) is 1. The van der Waals surface area contributed by atoms with Crippen molar-refractivity contribution in [2.24, 2.45) is 0 Å². The van der Waals surface area contributed by atoms with Crippen molar-refractivity contribution < 1.29 is 9.53 Å². The van der Waals surface area contributed by atoms with Gasteiger partial charge in [-0.2, -0.15) is 0 Å². The van der Waals surface area contributed by atoms with Crippen molar-refractivity contribution in [1.29, 1.82) is 0 Å². The van der Waals surface area contributed by atoms with Crippen molar-refractivity contribution in [2.75, 3.05) is 4.43 Å². The Bertz CT molecular complexity index is 265. The smallest absolute Gasteiger partial charge is 0.306 e. The van der Waals surface area contributed by atoms with Crippen LogP contribution in [0.25, 0.3) is 0 Å². The molecule has 1 unspecified atom stereocenters. The summed E-state index contributed by atoms with van der Waals surface area (Å²) >= 11 is 2.28. The highest BCUT2D eigenvalue weighted by Crippen LogP contribution is 2.12. The van der Waals surface area contributed by atoms with Gasteiger partial charge >= 0.3 is 5.97 Å². The molecular formula is C13H19IO2. The van der Waals surface area contributed by atoms with Crippen LogP contribution < -0.4 is 0 Å². The SMILES string of the molecule is O=C1CCCCCC#CCCCC(CI)O1. The summed E-state index contributed by atoms with van der Waals surface area (Å²) in [6, 6.07) is 0. The van der Waals surface area contributed by atoms with Gasteiger partial charge in [-0.25, -0.2) is 0 Å². The third-order valence-corrected chi connectivity index (χ3v) is 3.59. The molecule has 0 saturated carbocycles. The Morgan fingerprint density at radius 1 is 1.19 bits per heavy atom. The zero-order valence-corrected chi connectivity index (χ0v) is 11.8. The molecule has 0 aromatic heterocycles. The number of hydrogen-bond acceptors (Lipinski definition) is 2. The summed E-state index contributed by atoms with van der Waals surface area (Å²) in [7, 11) is 0. The number of carbonyl (C=O) groups excluding carboxylic acids is 1. The van der Waals surface area contributed by atoms with Gasteiger partial charge in [0.05, 0.1) is 0 Å². The Balaban J connectivity index is 2.41. The van der Waals surface area contributed by atoms with E-state index in [9.17, 15) is 4.79 Å². The van der Waals surface area contributed by atoms with Gasteiger partial charge < -0.3 is 4.74 Å². The van der Waals surface area contributed by atoms with Gasteiger partial charge in [0.15, 0.2) is 0 Å². The van der Waals surface area contributed by atoms with Crippen molar-refractivity contribution in [1.82, 2.24) is 0 Å².